The second kappa shape index (κ2) is 3.91. The molecule has 0 atom stereocenters. The lowest BCUT2D eigenvalue weighted by atomic mass is 10.2. The Morgan fingerprint density at radius 2 is 2.07 bits per heavy atom. The van der Waals surface area contributed by atoms with Crippen LogP contribution in [0.4, 0.5) is 8.28 Å². The fraction of sp³-hybridized carbons (Fsp3) is 0.250. The number of hydrogen-bond acceptors (Lipinski definition) is 3. The van der Waals surface area contributed by atoms with E-state index in [4.69, 9.17) is 4.74 Å². The van der Waals surface area contributed by atoms with Crippen molar-refractivity contribution in [3.63, 3.8) is 0 Å². The van der Waals surface area contributed by atoms with E-state index in [9.17, 15) is 16.7 Å². The summed E-state index contributed by atoms with van der Waals surface area (Å²) < 4.78 is 50.4. The summed E-state index contributed by atoms with van der Waals surface area (Å²) in [7, 11) is -3.38. The first kappa shape index (κ1) is 10.9. The number of hydrogen-bond donors (Lipinski definition) is 0. The van der Waals surface area contributed by atoms with E-state index in [0.29, 0.717) is 0 Å². The average Bonchev–Trinajstić information content (AvgIpc) is 2.01. The van der Waals surface area contributed by atoms with Crippen LogP contribution >= 0.6 is 0 Å². The number of halogens is 2. The zero-order valence-electron chi connectivity index (χ0n) is 7.33. The monoisotopic (exact) mass is 222 g/mol. The SMILES string of the molecule is COc1ccc(F)cc1CS(=O)(=O)F. The average molecular weight is 222 g/mol. The summed E-state index contributed by atoms with van der Waals surface area (Å²) in [5, 5.41) is 0. The molecule has 0 aliphatic rings. The first-order valence-corrected chi connectivity index (χ1v) is 5.22. The largest absolute Gasteiger partial charge is 0.496 e. The molecule has 0 saturated heterocycles. The van der Waals surface area contributed by atoms with Gasteiger partial charge in [0, 0.05) is 5.56 Å². The lowest BCUT2D eigenvalue weighted by Gasteiger charge is -2.05. The van der Waals surface area contributed by atoms with Crippen LogP contribution in [0.5, 0.6) is 5.75 Å². The van der Waals surface area contributed by atoms with Gasteiger partial charge in [-0.15, -0.1) is 3.89 Å². The van der Waals surface area contributed by atoms with E-state index in [1.807, 2.05) is 0 Å². The fourth-order valence-corrected chi connectivity index (χ4v) is 1.64. The maximum atomic E-state index is 12.7. The van der Waals surface area contributed by atoms with E-state index in [1.165, 1.54) is 13.2 Å². The van der Waals surface area contributed by atoms with Gasteiger partial charge in [-0.2, -0.15) is 8.42 Å². The molecule has 0 aliphatic carbocycles. The van der Waals surface area contributed by atoms with Crippen molar-refractivity contribution in [1.82, 2.24) is 0 Å². The summed E-state index contributed by atoms with van der Waals surface area (Å²) in [4.78, 5) is 0. The van der Waals surface area contributed by atoms with Crippen LogP contribution in [0.2, 0.25) is 0 Å². The van der Waals surface area contributed by atoms with Gasteiger partial charge < -0.3 is 4.74 Å². The first-order valence-electron chi connectivity index (χ1n) is 3.67. The van der Waals surface area contributed by atoms with Gasteiger partial charge in [0.2, 0.25) is 0 Å². The van der Waals surface area contributed by atoms with Crippen LogP contribution in [0.15, 0.2) is 18.2 Å². The van der Waals surface area contributed by atoms with E-state index >= 15 is 0 Å². The Kier molecular flexibility index (Phi) is 3.05. The minimum absolute atomic E-state index is 0.0324. The van der Waals surface area contributed by atoms with E-state index in [2.05, 4.69) is 0 Å². The first-order chi connectivity index (χ1) is 6.42. The Bertz CT molecular complexity index is 428. The zero-order valence-corrected chi connectivity index (χ0v) is 8.14. The maximum Gasteiger partial charge on any atom is 0.306 e. The standard InChI is InChI=1S/C8H8F2O3S/c1-13-8-3-2-7(9)4-6(8)5-14(10,11)12/h2-4H,5H2,1H3. The number of rotatable bonds is 3. The van der Waals surface area contributed by atoms with Crippen molar-refractivity contribution in [2.75, 3.05) is 7.11 Å². The second-order valence-corrected chi connectivity index (χ2v) is 4.01. The summed E-state index contributed by atoms with van der Waals surface area (Å²) >= 11 is 0. The molecule has 0 saturated carbocycles. The van der Waals surface area contributed by atoms with Gasteiger partial charge in [0.05, 0.1) is 7.11 Å². The van der Waals surface area contributed by atoms with Crippen LogP contribution in [0.3, 0.4) is 0 Å². The number of benzene rings is 1. The molecular weight excluding hydrogens is 214 g/mol. The summed E-state index contributed by atoms with van der Waals surface area (Å²) in [6, 6.07) is 3.28. The molecule has 0 radical (unpaired) electrons. The van der Waals surface area contributed by atoms with Crippen molar-refractivity contribution in [3.05, 3.63) is 29.6 Å². The molecule has 0 aromatic heterocycles. The molecule has 0 heterocycles. The third-order valence-corrected chi connectivity index (χ3v) is 2.23. The summed E-state index contributed by atoms with van der Waals surface area (Å²) in [5.74, 6) is -1.37. The predicted octanol–water partition coefficient (Wildman–Crippen LogP) is 1.63. The molecule has 78 valence electrons. The maximum absolute atomic E-state index is 12.7. The molecule has 6 heteroatoms. The third-order valence-electron chi connectivity index (χ3n) is 1.57. The van der Waals surface area contributed by atoms with Crippen molar-refractivity contribution in [1.29, 1.82) is 0 Å². The van der Waals surface area contributed by atoms with E-state index in [-0.39, 0.29) is 11.3 Å². The van der Waals surface area contributed by atoms with Crippen LogP contribution in [-0.4, -0.2) is 15.5 Å². The number of ether oxygens (including phenoxy) is 1. The minimum Gasteiger partial charge on any atom is -0.496 e. The van der Waals surface area contributed by atoms with Gasteiger partial charge in [-0.1, -0.05) is 0 Å². The van der Waals surface area contributed by atoms with Crippen molar-refractivity contribution >= 4 is 10.2 Å². The Hall–Kier alpha value is -1.17. The molecule has 0 amide bonds. The van der Waals surface area contributed by atoms with Crippen LogP contribution in [0, 0.1) is 5.82 Å². The minimum atomic E-state index is -4.67. The van der Waals surface area contributed by atoms with Gasteiger partial charge in [-0.05, 0) is 18.2 Å². The van der Waals surface area contributed by atoms with Gasteiger partial charge in [-0.3, -0.25) is 0 Å². The van der Waals surface area contributed by atoms with Crippen molar-refractivity contribution in [3.8, 4) is 5.75 Å². The van der Waals surface area contributed by atoms with E-state index in [0.717, 1.165) is 12.1 Å². The highest BCUT2D eigenvalue weighted by atomic mass is 32.3. The lowest BCUT2D eigenvalue weighted by Crippen LogP contribution is -1.99. The van der Waals surface area contributed by atoms with Crippen LogP contribution in [-0.2, 0) is 16.0 Å². The smallest absolute Gasteiger partial charge is 0.306 e. The molecule has 14 heavy (non-hydrogen) atoms. The van der Waals surface area contributed by atoms with Crippen molar-refractivity contribution in [2.24, 2.45) is 0 Å². The Morgan fingerprint density at radius 3 is 2.57 bits per heavy atom. The zero-order chi connectivity index (χ0) is 10.8. The quantitative estimate of drug-likeness (QED) is 0.730. The van der Waals surface area contributed by atoms with Gasteiger partial charge in [0.15, 0.2) is 0 Å². The van der Waals surface area contributed by atoms with Crippen LogP contribution in [0.25, 0.3) is 0 Å². The highest BCUT2D eigenvalue weighted by Crippen LogP contribution is 2.21. The summed E-state index contributed by atoms with van der Waals surface area (Å²) in [5.41, 5.74) is -0.0324. The molecule has 1 rings (SSSR count). The van der Waals surface area contributed by atoms with Gasteiger partial charge in [-0.25, -0.2) is 4.39 Å². The second-order valence-electron chi connectivity index (χ2n) is 2.64. The lowest BCUT2D eigenvalue weighted by molar-refractivity contribution is 0.409. The van der Waals surface area contributed by atoms with Gasteiger partial charge in [0.1, 0.15) is 17.3 Å². The Labute approximate surface area is 80.5 Å². The molecule has 0 N–H and O–H groups in total. The third kappa shape index (κ3) is 2.95. The molecule has 3 nitrogen and oxygen atoms in total. The van der Waals surface area contributed by atoms with Gasteiger partial charge >= 0.3 is 10.2 Å². The molecule has 1 aromatic carbocycles. The van der Waals surface area contributed by atoms with Crippen LogP contribution in [0.1, 0.15) is 5.56 Å². The van der Waals surface area contributed by atoms with E-state index in [1.54, 1.807) is 0 Å². The fourth-order valence-electron chi connectivity index (χ4n) is 1.05. The highest BCUT2D eigenvalue weighted by Gasteiger charge is 2.13. The Morgan fingerprint density at radius 1 is 1.43 bits per heavy atom. The summed E-state index contributed by atoms with van der Waals surface area (Å²) in [6.45, 7) is 0. The molecule has 0 unspecified atom stereocenters. The predicted molar refractivity (Wildman–Crippen MR) is 46.7 cm³/mol. The molecular formula is C8H8F2O3S. The normalized spacial score (nSPS) is 11.4. The highest BCUT2D eigenvalue weighted by molar-refractivity contribution is 7.85. The molecule has 0 spiro atoms. The van der Waals surface area contributed by atoms with Crippen molar-refractivity contribution in [2.45, 2.75) is 5.75 Å². The Balaban J connectivity index is 3.11. The summed E-state index contributed by atoms with van der Waals surface area (Å²) in [6.07, 6.45) is 0. The number of methoxy groups -OCH3 is 1. The van der Waals surface area contributed by atoms with E-state index < -0.39 is 21.8 Å². The molecule has 0 fully saturated rings. The topological polar surface area (TPSA) is 43.4 Å². The van der Waals surface area contributed by atoms with Crippen molar-refractivity contribution < 1.29 is 21.4 Å². The molecule has 0 aliphatic heterocycles. The van der Waals surface area contributed by atoms with Gasteiger partial charge in [0.25, 0.3) is 0 Å². The molecule has 1 aromatic rings. The van der Waals surface area contributed by atoms with Crippen LogP contribution < -0.4 is 4.74 Å². The molecule has 0 bridgehead atoms.